The Balaban J connectivity index is 2.93. The number of hydrogen-bond acceptors (Lipinski definition) is 6. The lowest BCUT2D eigenvalue weighted by Gasteiger charge is -2.42. The lowest BCUT2D eigenvalue weighted by molar-refractivity contribution is -0.314. The van der Waals surface area contributed by atoms with Gasteiger partial charge in [0.2, 0.25) is 0 Å². The van der Waals surface area contributed by atoms with Crippen LogP contribution in [0.25, 0.3) is 0 Å². The fourth-order valence-corrected chi connectivity index (χ4v) is 1.23. The summed E-state index contributed by atoms with van der Waals surface area (Å²) in [6, 6.07) is 0. The van der Waals surface area contributed by atoms with Crippen LogP contribution in [-0.4, -0.2) is 67.0 Å². The van der Waals surface area contributed by atoms with Gasteiger partial charge in [-0.25, -0.2) is 4.39 Å². The molecule has 0 radical (unpaired) electrons. The van der Waals surface area contributed by atoms with Crippen LogP contribution in [0.4, 0.5) is 4.39 Å². The van der Waals surface area contributed by atoms with Crippen molar-refractivity contribution in [3.63, 3.8) is 0 Å². The molecule has 13 heavy (non-hydrogen) atoms. The second-order valence-electron chi connectivity index (χ2n) is 3.09. The van der Waals surface area contributed by atoms with Gasteiger partial charge in [-0.1, -0.05) is 0 Å². The number of rotatable bonds is 0. The number of alkyl halides is 1. The van der Waals surface area contributed by atoms with Gasteiger partial charge in [0.1, 0.15) is 30.5 Å². The van der Waals surface area contributed by atoms with E-state index in [2.05, 4.69) is 0 Å². The SMILES string of the molecule is O[C@H]1[C@H](O)[C@H](O)[C@H](O)[C@](O)(F)[C@H]1O. The van der Waals surface area contributed by atoms with Crippen LogP contribution < -0.4 is 0 Å². The minimum Gasteiger partial charge on any atom is -0.387 e. The van der Waals surface area contributed by atoms with E-state index in [4.69, 9.17) is 30.6 Å². The molecule has 78 valence electrons. The van der Waals surface area contributed by atoms with Gasteiger partial charge in [-0.05, 0) is 0 Å². The van der Waals surface area contributed by atoms with Crippen LogP contribution in [0.3, 0.4) is 0 Å². The van der Waals surface area contributed by atoms with E-state index >= 15 is 0 Å². The van der Waals surface area contributed by atoms with E-state index in [1.54, 1.807) is 0 Å². The van der Waals surface area contributed by atoms with Gasteiger partial charge in [-0.2, -0.15) is 0 Å². The van der Waals surface area contributed by atoms with Crippen LogP contribution >= 0.6 is 0 Å². The maximum atomic E-state index is 13.0. The largest absolute Gasteiger partial charge is 0.387 e. The maximum Gasteiger partial charge on any atom is 0.264 e. The molecule has 0 amide bonds. The number of hydrogen-bond donors (Lipinski definition) is 6. The van der Waals surface area contributed by atoms with E-state index in [0.717, 1.165) is 0 Å². The lowest BCUT2D eigenvalue weighted by atomic mass is 9.83. The van der Waals surface area contributed by atoms with Gasteiger partial charge in [-0.15, -0.1) is 0 Å². The van der Waals surface area contributed by atoms with Crippen molar-refractivity contribution in [2.24, 2.45) is 0 Å². The summed E-state index contributed by atoms with van der Waals surface area (Å²) in [6.07, 6.45) is -10.7. The first-order valence-corrected chi connectivity index (χ1v) is 3.61. The highest BCUT2D eigenvalue weighted by Crippen LogP contribution is 2.31. The van der Waals surface area contributed by atoms with Crippen LogP contribution in [0.1, 0.15) is 0 Å². The van der Waals surface area contributed by atoms with Gasteiger partial charge in [-0.3, -0.25) is 0 Å². The molecule has 4 atom stereocenters. The summed E-state index contributed by atoms with van der Waals surface area (Å²) in [7, 11) is 0. The zero-order valence-electron chi connectivity index (χ0n) is 6.45. The van der Waals surface area contributed by atoms with E-state index in [0.29, 0.717) is 0 Å². The van der Waals surface area contributed by atoms with E-state index in [1.807, 2.05) is 0 Å². The molecule has 1 fully saturated rings. The highest BCUT2D eigenvalue weighted by Gasteiger charge is 2.58. The second kappa shape index (κ2) is 3.12. The zero-order valence-corrected chi connectivity index (χ0v) is 6.45. The molecule has 0 bridgehead atoms. The topological polar surface area (TPSA) is 121 Å². The lowest BCUT2D eigenvalue weighted by Crippen LogP contribution is -2.68. The molecule has 1 aliphatic carbocycles. The molecule has 1 rings (SSSR count). The van der Waals surface area contributed by atoms with E-state index in [9.17, 15) is 4.39 Å². The normalized spacial score (nSPS) is 57.9. The summed E-state index contributed by atoms with van der Waals surface area (Å²) < 4.78 is 13.0. The molecule has 0 spiro atoms. The van der Waals surface area contributed by atoms with E-state index in [-0.39, 0.29) is 0 Å². The third kappa shape index (κ3) is 1.43. The molecule has 7 heteroatoms. The summed E-state index contributed by atoms with van der Waals surface area (Å²) in [6.45, 7) is 0. The fraction of sp³-hybridized carbons (Fsp3) is 1.00. The van der Waals surface area contributed by atoms with Crippen molar-refractivity contribution in [3.8, 4) is 0 Å². The average molecular weight is 198 g/mol. The molecule has 0 aromatic heterocycles. The van der Waals surface area contributed by atoms with E-state index < -0.39 is 36.4 Å². The van der Waals surface area contributed by atoms with Gasteiger partial charge >= 0.3 is 0 Å². The Morgan fingerprint density at radius 3 is 1.38 bits per heavy atom. The van der Waals surface area contributed by atoms with Gasteiger partial charge in [0, 0.05) is 0 Å². The Bertz CT molecular complexity index is 180. The third-order valence-corrected chi connectivity index (χ3v) is 2.18. The fourth-order valence-electron chi connectivity index (χ4n) is 1.23. The summed E-state index contributed by atoms with van der Waals surface area (Å²) in [5.41, 5.74) is 0. The maximum absolute atomic E-state index is 13.0. The van der Waals surface area contributed by atoms with Crippen molar-refractivity contribution >= 4 is 0 Å². The number of aliphatic hydroxyl groups excluding tert-OH is 5. The molecule has 0 unspecified atom stereocenters. The van der Waals surface area contributed by atoms with Crippen molar-refractivity contribution in [1.82, 2.24) is 0 Å². The van der Waals surface area contributed by atoms with Gasteiger partial charge in [0.05, 0.1) is 0 Å². The van der Waals surface area contributed by atoms with Crippen LogP contribution in [0.15, 0.2) is 0 Å². The Hall–Kier alpha value is -0.310. The van der Waals surface area contributed by atoms with Crippen molar-refractivity contribution in [1.29, 1.82) is 0 Å². The Morgan fingerprint density at radius 2 is 1.08 bits per heavy atom. The van der Waals surface area contributed by atoms with Crippen LogP contribution in [0.2, 0.25) is 0 Å². The molecule has 0 saturated heterocycles. The van der Waals surface area contributed by atoms with E-state index in [1.165, 1.54) is 0 Å². The molecule has 6 N–H and O–H groups in total. The Kier molecular flexibility index (Phi) is 2.59. The van der Waals surface area contributed by atoms with Crippen molar-refractivity contribution in [2.45, 2.75) is 36.4 Å². The van der Waals surface area contributed by atoms with Crippen LogP contribution in [-0.2, 0) is 0 Å². The predicted octanol–water partition coefficient (Wildman–Crippen LogP) is -3.54. The van der Waals surface area contributed by atoms with Crippen molar-refractivity contribution in [2.75, 3.05) is 0 Å². The summed E-state index contributed by atoms with van der Waals surface area (Å²) >= 11 is 0. The first-order valence-electron chi connectivity index (χ1n) is 3.61. The summed E-state index contributed by atoms with van der Waals surface area (Å²) in [5, 5.41) is 53.2. The number of aliphatic hydroxyl groups is 6. The first-order chi connectivity index (χ1) is 5.80. The smallest absolute Gasteiger partial charge is 0.264 e. The number of halogens is 1. The molecule has 6 nitrogen and oxygen atoms in total. The molecule has 1 saturated carbocycles. The Morgan fingerprint density at radius 1 is 0.769 bits per heavy atom. The highest BCUT2D eigenvalue weighted by molar-refractivity contribution is 5.02. The summed E-state index contributed by atoms with van der Waals surface area (Å²) in [4.78, 5) is 0. The van der Waals surface area contributed by atoms with Gasteiger partial charge < -0.3 is 30.6 Å². The quantitative estimate of drug-likeness (QED) is 0.240. The highest BCUT2D eigenvalue weighted by atomic mass is 19.2. The molecule has 0 heterocycles. The first kappa shape index (κ1) is 10.8. The minimum absolute atomic E-state index is 1.90. The zero-order chi connectivity index (χ0) is 10.4. The molecular weight excluding hydrogens is 187 g/mol. The molecule has 0 aliphatic heterocycles. The standard InChI is InChI=1S/C6H11FO6/c7-6(13)4(11)2(9)1(8)3(10)5(6)12/h1-5,8-13H/t1-,2-,3-,4-,5-,6-/m0/s1. The minimum atomic E-state index is -3.53. The van der Waals surface area contributed by atoms with Gasteiger partial charge in [0.15, 0.2) is 0 Å². The van der Waals surface area contributed by atoms with Crippen LogP contribution in [0.5, 0.6) is 0 Å². The molecule has 0 aromatic carbocycles. The summed E-state index contributed by atoms with van der Waals surface area (Å²) in [5.74, 6) is -3.53. The van der Waals surface area contributed by atoms with Crippen molar-refractivity contribution < 1.29 is 35.0 Å². The van der Waals surface area contributed by atoms with Gasteiger partial charge in [0.25, 0.3) is 5.85 Å². The predicted molar refractivity (Wildman–Crippen MR) is 36.1 cm³/mol. The molecule has 1 aliphatic rings. The average Bonchev–Trinajstić information content (AvgIpc) is 2.09. The monoisotopic (exact) mass is 198 g/mol. The molecule has 0 aromatic rings. The Labute approximate surface area is 72.5 Å². The third-order valence-electron chi connectivity index (χ3n) is 2.18. The molecular formula is C6H11FO6. The second-order valence-corrected chi connectivity index (χ2v) is 3.09. The van der Waals surface area contributed by atoms with Crippen LogP contribution in [0, 0.1) is 0 Å². The van der Waals surface area contributed by atoms with Crippen molar-refractivity contribution in [3.05, 3.63) is 0 Å².